The lowest BCUT2D eigenvalue weighted by Gasteiger charge is -2.18. The van der Waals surface area contributed by atoms with Crippen LogP contribution in [0.25, 0.3) is 11.4 Å². The molecule has 8 nitrogen and oxygen atoms in total. The summed E-state index contributed by atoms with van der Waals surface area (Å²) in [5.41, 5.74) is 1.43. The van der Waals surface area contributed by atoms with Gasteiger partial charge in [0.1, 0.15) is 24.7 Å². The molecular formula is C24H21N3O5S. The lowest BCUT2D eigenvalue weighted by atomic mass is 10.1. The van der Waals surface area contributed by atoms with Crippen LogP contribution in [-0.4, -0.2) is 46.6 Å². The van der Waals surface area contributed by atoms with Gasteiger partial charge in [-0.25, -0.2) is 0 Å². The third-order valence-electron chi connectivity index (χ3n) is 5.14. The van der Waals surface area contributed by atoms with E-state index in [1.165, 1.54) is 11.8 Å². The molecule has 3 heterocycles. The van der Waals surface area contributed by atoms with E-state index in [9.17, 15) is 4.79 Å². The van der Waals surface area contributed by atoms with E-state index in [4.69, 9.17) is 18.6 Å². The normalized spacial score (nSPS) is 12.5. The summed E-state index contributed by atoms with van der Waals surface area (Å²) in [7, 11) is 1.62. The first-order chi connectivity index (χ1) is 16.2. The highest BCUT2D eigenvalue weighted by Crippen LogP contribution is 2.32. The van der Waals surface area contributed by atoms with Crippen LogP contribution in [0.1, 0.15) is 16.1 Å². The van der Waals surface area contributed by atoms with Crippen molar-refractivity contribution >= 4 is 17.5 Å². The minimum absolute atomic E-state index is 0.0348. The Hall–Kier alpha value is -3.72. The van der Waals surface area contributed by atoms with Crippen molar-refractivity contribution in [3.05, 3.63) is 72.2 Å². The average Bonchev–Trinajstić information content (AvgIpc) is 3.52. The molecule has 0 amide bonds. The highest BCUT2D eigenvalue weighted by atomic mass is 32.2. The molecule has 1 aliphatic rings. The minimum atomic E-state index is -0.0348. The van der Waals surface area contributed by atoms with Gasteiger partial charge in [-0.05, 0) is 42.5 Å². The second kappa shape index (κ2) is 9.41. The molecule has 0 N–H and O–H groups in total. The fourth-order valence-electron chi connectivity index (χ4n) is 3.50. The SMILES string of the molecule is COc1cccc(-c2nnc(SCC(=O)c3ccc4c(c3)OCCO4)n2Cc2ccco2)c1. The maximum atomic E-state index is 12.9. The number of ketones is 1. The summed E-state index contributed by atoms with van der Waals surface area (Å²) in [4.78, 5) is 12.9. The number of fused-ring (bicyclic) bond motifs is 1. The molecule has 0 bridgehead atoms. The summed E-state index contributed by atoms with van der Waals surface area (Å²) in [6.07, 6.45) is 1.63. The fraction of sp³-hybridized carbons (Fsp3) is 0.208. The van der Waals surface area contributed by atoms with Gasteiger partial charge in [0.2, 0.25) is 0 Å². The highest BCUT2D eigenvalue weighted by Gasteiger charge is 2.19. The molecule has 168 valence electrons. The van der Waals surface area contributed by atoms with Crippen LogP contribution in [0.2, 0.25) is 0 Å². The molecular weight excluding hydrogens is 442 g/mol. The Bertz CT molecular complexity index is 1270. The fourth-order valence-corrected chi connectivity index (χ4v) is 4.33. The zero-order valence-electron chi connectivity index (χ0n) is 17.9. The largest absolute Gasteiger partial charge is 0.497 e. The molecule has 0 aliphatic carbocycles. The number of ether oxygens (including phenoxy) is 3. The lowest BCUT2D eigenvalue weighted by molar-refractivity contribution is 0.102. The van der Waals surface area contributed by atoms with E-state index in [-0.39, 0.29) is 11.5 Å². The highest BCUT2D eigenvalue weighted by molar-refractivity contribution is 7.99. The molecule has 0 saturated carbocycles. The zero-order valence-corrected chi connectivity index (χ0v) is 18.7. The van der Waals surface area contributed by atoms with Crippen LogP contribution in [0, 0.1) is 0 Å². The van der Waals surface area contributed by atoms with Crippen LogP contribution in [0.5, 0.6) is 17.2 Å². The number of carbonyl (C=O) groups is 1. The van der Waals surface area contributed by atoms with E-state index in [0.717, 1.165) is 17.1 Å². The predicted octanol–water partition coefficient (Wildman–Crippen LogP) is 4.34. The van der Waals surface area contributed by atoms with Gasteiger partial charge in [-0.15, -0.1) is 10.2 Å². The number of furan rings is 1. The minimum Gasteiger partial charge on any atom is -0.497 e. The molecule has 0 fully saturated rings. The van der Waals surface area contributed by atoms with Gasteiger partial charge >= 0.3 is 0 Å². The van der Waals surface area contributed by atoms with Crippen molar-refractivity contribution in [2.75, 3.05) is 26.1 Å². The molecule has 2 aromatic carbocycles. The Balaban J connectivity index is 1.39. The van der Waals surface area contributed by atoms with Gasteiger partial charge in [-0.3, -0.25) is 9.36 Å². The molecule has 5 rings (SSSR count). The van der Waals surface area contributed by atoms with Crippen LogP contribution >= 0.6 is 11.8 Å². The Morgan fingerprint density at radius 1 is 1.06 bits per heavy atom. The van der Waals surface area contributed by atoms with Crippen molar-refractivity contribution in [3.8, 4) is 28.6 Å². The molecule has 0 unspecified atom stereocenters. The number of thioether (sulfide) groups is 1. The van der Waals surface area contributed by atoms with Crippen molar-refractivity contribution in [1.82, 2.24) is 14.8 Å². The number of Topliss-reactive ketones (excluding diaryl/α,β-unsaturated/α-hetero) is 1. The summed E-state index contributed by atoms with van der Waals surface area (Å²) >= 11 is 1.33. The molecule has 0 spiro atoms. The number of benzene rings is 2. The summed E-state index contributed by atoms with van der Waals surface area (Å²) in [5.74, 6) is 3.58. The van der Waals surface area contributed by atoms with E-state index in [2.05, 4.69) is 10.2 Å². The second-order valence-electron chi connectivity index (χ2n) is 7.27. The van der Waals surface area contributed by atoms with Crippen LogP contribution < -0.4 is 14.2 Å². The number of methoxy groups -OCH3 is 1. The van der Waals surface area contributed by atoms with Gasteiger partial charge in [0.05, 0.1) is 25.7 Å². The molecule has 4 aromatic rings. The van der Waals surface area contributed by atoms with Crippen molar-refractivity contribution in [3.63, 3.8) is 0 Å². The van der Waals surface area contributed by atoms with Crippen LogP contribution in [0.3, 0.4) is 0 Å². The van der Waals surface area contributed by atoms with Gasteiger partial charge in [0.25, 0.3) is 0 Å². The molecule has 1 aliphatic heterocycles. The predicted molar refractivity (Wildman–Crippen MR) is 122 cm³/mol. The van der Waals surface area contributed by atoms with Gasteiger partial charge < -0.3 is 18.6 Å². The van der Waals surface area contributed by atoms with E-state index in [1.54, 1.807) is 31.6 Å². The maximum Gasteiger partial charge on any atom is 0.192 e. The first-order valence-electron chi connectivity index (χ1n) is 10.4. The van der Waals surface area contributed by atoms with Crippen molar-refractivity contribution in [1.29, 1.82) is 0 Å². The summed E-state index contributed by atoms with van der Waals surface area (Å²) in [6.45, 7) is 1.42. The molecule has 0 atom stereocenters. The van der Waals surface area contributed by atoms with E-state index < -0.39 is 0 Å². The number of hydrogen-bond donors (Lipinski definition) is 0. The number of rotatable bonds is 8. The molecule has 2 aromatic heterocycles. The first kappa shape index (κ1) is 21.1. The molecule has 0 saturated heterocycles. The van der Waals surface area contributed by atoms with Gasteiger partial charge in [0, 0.05) is 11.1 Å². The number of aromatic nitrogens is 3. The maximum absolute atomic E-state index is 12.9. The Morgan fingerprint density at radius 2 is 1.94 bits per heavy atom. The smallest absolute Gasteiger partial charge is 0.192 e. The number of carbonyl (C=O) groups excluding carboxylic acids is 1. The first-order valence-corrected chi connectivity index (χ1v) is 11.4. The van der Waals surface area contributed by atoms with Gasteiger partial charge in [0.15, 0.2) is 28.3 Å². The molecule has 0 radical (unpaired) electrons. The van der Waals surface area contributed by atoms with Crippen LogP contribution in [-0.2, 0) is 6.54 Å². The van der Waals surface area contributed by atoms with Crippen LogP contribution in [0.15, 0.2) is 70.4 Å². The molecule has 9 heteroatoms. The second-order valence-corrected chi connectivity index (χ2v) is 8.22. The average molecular weight is 464 g/mol. The summed E-state index contributed by atoms with van der Waals surface area (Å²) < 4.78 is 24.0. The third kappa shape index (κ3) is 4.58. The number of nitrogens with zero attached hydrogens (tertiary/aromatic N) is 3. The topological polar surface area (TPSA) is 88.6 Å². The Kier molecular flexibility index (Phi) is 6.03. The monoisotopic (exact) mass is 463 g/mol. The van der Waals surface area contributed by atoms with Crippen molar-refractivity contribution in [2.45, 2.75) is 11.7 Å². The van der Waals surface area contributed by atoms with E-state index >= 15 is 0 Å². The molecule has 33 heavy (non-hydrogen) atoms. The zero-order chi connectivity index (χ0) is 22.6. The Labute approximate surface area is 194 Å². The quantitative estimate of drug-likeness (QED) is 0.282. The summed E-state index contributed by atoms with van der Waals surface area (Å²) in [6, 6.07) is 16.6. The lowest BCUT2D eigenvalue weighted by Crippen LogP contribution is -2.16. The third-order valence-corrected chi connectivity index (χ3v) is 6.10. The number of hydrogen-bond acceptors (Lipinski definition) is 8. The van der Waals surface area contributed by atoms with E-state index in [1.807, 2.05) is 41.0 Å². The van der Waals surface area contributed by atoms with Crippen molar-refractivity contribution < 1.29 is 23.4 Å². The Morgan fingerprint density at radius 3 is 2.76 bits per heavy atom. The summed E-state index contributed by atoms with van der Waals surface area (Å²) in [5, 5.41) is 9.38. The van der Waals surface area contributed by atoms with Crippen molar-refractivity contribution in [2.24, 2.45) is 0 Å². The van der Waals surface area contributed by atoms with Crippen LogP contribution in [0.4, 0.5) is 0 Å². The van der Waals surface area contributed by atoms with Gasteiger partial charge in [-0.2, -0.15) is 0 Å². The standard InChI is InChI=1S/C24H21N3O5S/c1-29-18-5-2-4-17(12-18)23-25-26-24(27(23)14-19-6-3-9-30-19)33-15-20(28)16-7-8-21-22(13-16)32-11-10-31-21/h2-9,12-13H,10-11,14-15H2,1H3. The van der Waals surface area contributed by atoms with E-state index in [0.29, 0.717) is 47.8 Å². The van der Waals surface area contributed by atoms with Gasteiger partial charge in [-0.1, -0.05) is 23.9 Å².